The maximum Gasteiger partial charge on any atom is 0.162 e. The highest BCUT2D eigenvalue weighted by atomic mass is 15.1. The molecule has 0 amide bonds. The fourth-order valence-electron chi connectivity index (χ4n) is 8.39. The topological polar surface area (TPSA) is 59.4 Å². The lowest BCUT2D eigenvalue weighted by Gasteiger charge is -2.13. The summed E-state index contributed by atoms with van der Waals surface area (Å²) in [7, 11) is 0. The molecule has 0 saturated carbocycles. The van der Waals surface area contributed by atoms with E-state index in [0.717, 1.165) is 67.0 Å². The average molecular weight is 740 g/mol. The minimum absolute atomic E-state index is 0.646. The molecule has 0 radical (unpaired) electrons. The molecule has 0 bridgehead atoms. The molecule has 0 fully saturated rings. The zero-order valence-electron chi connectivity index (χ0n) is 31.3. The van der Waals surface area contributed by atoms with Crippen LogP contribution in [0.5, 0.6) is 0 Å². The minimum atomic E-state index is 0.646. The Morgan fingerprint density at radius 1 is 0.362 bits per heavy atom. The molecule has 0 atom stereocenters. The quantitative estimate of drug-likeness (QED) is 0.171. The van der Waals surface area contributed by atoms with Gasteiger partial charge in [-0.3, -0.25) is 4.57 Å². The van der Waals surface area contributed by atoms with E-state index in [9.17, 15) is 5.26 Å². The Balaban J connectivity index is 1.09. The van der Waals surface area contributed by atoms with Gasteiger partial charge in [-0.25, -0.2) is 9.97 Å². The first kappa shape index (κ1) is 33.3. The molecule has 270 valence electrons. The van der Waals surface area contributed by atoms with Crippen LogP contribution >= 0.6 is 0 Å². The number of nitrogens with zero attached hydrogens (tertiary/aromatic N) is 5. The molecule has 0 aliphatic carbocycles. The van der Waals surface area contributed by atoms with Crippen LogP contribution in [-0.2, 0) is 0 Å². The van der Waals surface area contributed by atoms with Crippen LogP contribution in [0.15, 0.2) is 200 Å². The van der Waals surface area contributed by atoms with Gasteiger partial charge in [0.25, 0.3) is 0 Å². The van der Waals surface area contributed by atoms with Crippen molar-refractivity contribution in [2.45, 2.75) is 0 Å². The average Bonchev–Trinajstić information content (AvgIpc) is 3.82. The molecule has 5 nitrogen and oxygen atoms in total. The first-order chi connectivity index (χ1) is 28.7. The van der Waals surface area contributed by atoms with E-state index in [1.165, 1.54) is 27.2 Å². The third-order valence-corrected chi connectivity index (χ3v) is 11.2. The Labute approximate surface area is 335 Å². The predicted octanol–water partition coefficient (Wildman–Crippen LogP) is 13.2. The molecule has 3 aromatic heterocycles. The van der Waals surface area contributed by atoms with E-state index in [1.54, 1.807) is 0 Å². The third-order valence-electron chi connectivity index (χ3n) is 11.2. The normalized spacial score (nSPS) is 11.4. The summed E-state index contributed by atoms with van der Waals surface area (Å²) in [6, 6.07) is 72.1. The molecule has 0 aliphatic heterocycles. The van der Waals surface area contributed by atoms with E-state index < -0.39 is 0 Å². The lowest BCUT2D eigenvalue weighted by atomic mass is 10.0. The number of nitriles is 1. The van der Waals surface area contributed by atoms with Crippen molar-refractivity contribution < 1.29 is 0 Å². The summed E-state index contributed by atoms with van der Waals surface area (Å²) in [6.45, 7) is 0. The Kier molecular flexibility index (Phi) is 7.80. The molecule has 0 spiro atoms. The molecule has 3 heterocycles. The second kappa shape index (κ2) is 13.6. The van der Waals surface area contributed by atoms with Crippen LogP contribution in [-0.4, -0.2) is 19.1 Å². The van der Waals surface area contributed by atoms with Gasteiger partial charge < -0.3 is 4.57 Å². The number of hydrogen-bond acceptors (Lipinski definition) is 3. The Morgan fingerprint density at radius 3 is 1.62 bits per heavy atom. The molecule has 0 N–H and O–H groups in total. The van der Waals surface area contributed by atoms with Crippen LogP contribution in [0, 0.1) is 11.3 Å². The molecule has 11 rings (SSSR count). The molecule has 8 aromatic carbocycles. The molecule has 11 aromatic rings. The zero-order chi connectivity index (χ0) is 38.6. The van der Waals surface area contributed by atoms with Crippen molar-refractivity contribution in [3.05, 3.63) is 206 Å². The highest BCUT2D eigenvalue weighted by molar-refractivity contribution is 6.12. The third kappa shape index (κ3) is 5.55. The number of benzene rings is 8. The van der Waals surface area contributed by atoms with Crippen molar-refractivity contribution in [1.29, 1.82) is 5.26 Å². The van der Waals surface area contributed by atoms with Gasteiger partial charge in [0.1, 0.15) is 5.82 Å². The van der Waals surface area contributed by atoms with Gasteiger partial charge in [0.05, 0.1) is 39.4 Å². The number of fused-ring (bicyclic) bond motifs is 6. The fraction of sp³-hybridized carbons (Fsp3) is 0. The van der Waals surface area contributed by atoms with E-state index in [0.29, 0.717) is 11.4 Å². The van der Waals surface area contributed by atoms with Crippen molar-refractivity contribution in [2.75, 3.05) is 0 Å². The summed E-state index contributed by atoms with van der Waals surface area (Å²) in [5.41, 5.74) is 13.5. The van der Waals surface area contributed by atoms with Crippen molar-refractivity contribution in [1.82, 2.24) is 19.1 Å². The van der Waals surface area contributed by atoms with Crippen molar-refractivity contribution >= 4 is 43.6 Å². The Bertz CT molecular complexity index is 3370. The van der Waals surface area contributed by atoms with Gasteiger partial charge in [-0.05, 0) is 76.9 Å². The number of para-hydroxylation sites is 3. The zero-order valence-corrected chi connectivity index (χ0v) is 31.3. The second-order valence-corrected chi connectivity index (χ2v) is 14.6. The number of aromatic nitrogens is 4. The minimum Gasteiger partial charge on any atom is -0.309 e. The first-order valence-electron chi connectivity index (χ1n) is 19.4. The van der Waals surface area contributed by atoms with E-state index in [2.05, 4.69) is 173 Å². The first-order valence-corrected chi connectivity index (χ1v) is 19.4. The standard InChI is InChI=1S/C53H33N5/c54-34-35-19-21-36(22-20-35)37-23-25-38(26-24-37)47-33-52(56-53(55-47)39-11-3-1-4-12-39)58-49-18-10-7-15-43(49)45-29-27-41(32-51(45)58)40-28-30-50-46(31-40)44-16-8-9-17-48(44)57(50)42-13-5-2-6-14-42/h1-33H. The highest BCUT2D eigenvalue weighted by Crippen LogP contribution is 2.39. The Hall–Kier alpha value is -8.07. The largest absolute Gasteiger partial charge is 0.309 e. The number of hydrogen-bond donors (Lipinski definition) is 0. The van der Waals surface area contributed by atoms with Gasteiger partial charge in [0.2, 0.25) is 0 Å². The van der Waals surface area contributed by atoms with E-state index in [4.69, 9.17) is 9.97 Å². The van der Waals surface area contributed by atoms with Crippen LogP contribution in [0.25, 0.3) is 100 Å². The second-order valence-electron chi connectivity index (χ2n) is 14.6. The molecule has 0 aliphatic rings. The van der Waals surface area contributed by atoms with Crippen molar-refractivity contribution in [2.24, 2.45) is 0 Å². The molecule has 0 saturated heterocycles. The van der Waals surface area contributed by atoms with Gasteiger partial charge in [0, 0.05) is 44.4 Å². The van der Waals surface area contributed by atoms with E-state index in [-0.39, 0.29) is 0 Å². The summed E-state index contributed by atoms with van der Waals surface area (Å²) in [5.74, 6) is 1.45. The summed E-state index contributed by atoms with van der Waals surface area (Å²) >= 11 is 0. The van der Waals surface area contributed by atoms with E-state index >= 15 is 0 Å². The van der Waals surface area contributed by atoms with Gasteiger partial charge >= 0.3 is 0 Å². The summed E-state index contributed by atoms with van der Waals surface area (Å²) in [4.78, 5) is 10.4. The summed E-state index contributed by atoms with van der Waals surface area (Å²) < 4.78 is 4.64. The fourth-order valence-corrected chi connectivity index (χ4v) is 8.39. The van der Waals surface area contributed by atoms with Gasteiger partial charge in [-0.2, -0.15) is 5.26 Å². The summed E-state index contributed by atoms with van der Waals surface area (Å²) in [6.07, 6.45) is 0. The van der Waals surface area contributed by atoms with Crippen LogP contribution in [0.2, 0.25) is 0 Å². The smallest absolute Gasteiger partial charge is 0.162 e. The summed E-state index contributed by atoms with van der Waals surface area (Å²) in [5, 5.41) is 14.0. The maximum atomic E-state index is 9.28. The highest BCUT2D eigenvalue weighted by Gasteiger charge is 2.19. The monoisotopic (exact) mass is 739 g/mol. The van der Waals surface area contributed by atoms with Gasteiger partial charge in [0.15, 0.2) is 5.82 Å². The SMILES string of the molecule is N#Cc1ccc(-c2ccc(-c3cc(-n4c5ccccc5c5ccc(-c6ccc7c(c6)c6ccccc6n7-c6ccccc6)cc54)nc(-c4ccccc4)n3)cc2)cc1. The van der Waals surface area contributed by atoms with Crippen molar-refractivity contribution in [3.63, 3.8) is 0 Å². The van der Waals surface area contributed by atoms with Crippen LogP contribution in [0.4, 0.5) is 0 Å². The number of rotatable bonds is 6. The molecule has 58 heavy (non-hydrogen) atoms. The van der Waals surface area contributed by atoms with Crippen LogP contribution in [0.1, 0.15) is 5.56 Å². The van der Waals surface area contributed by atoms with Gasteiger partial charge in [-0.15, -0.1) is 0 Å². The van der Waals surface area contributed by atoms with Crippen LogP contribution in [0.3, 0.4) is 0 Å². The Morgan fingerprint density at radius 2 is 0.897 bits per heavy atom. The molecular formula is C53H33N5. The lowest BCUT2D eigenvalue weighted by Crippen LogP contribution is -2.02. The molecule has 5 heteroatoms. The van der Waals surface area contributed by atoms with E-state index in [1.807, 2.05) is 42.5 Å². The molecular weight excluding hydrogens is 707 g/mol. The predicted molar refractivity (Wildman–Crippen MR) is 237 cm³/mol. The maximum absolute atomic E-state index is 9.28. The van der Waals surface area contributed by atoms with Gasteiger partial charge in [-0.1, -0.05) is 140 Å². The van der Waals surface area contributed by atoms with Crippen molar-refractivity contribution in [3.8, 4) is 62.5 Å². The molecule has 0 unspecified atom stereocenters. The van der Waals surface area contributed by atoms with Crippen LogP contribution < -0.4 is 0 Å². The lowest BCUT2D eigenvalue weighted by molar-refractivity contribution is 1.05.